The molecule has 1 aliphatic rings. The summed E-state index contributed by atoms with van der Waals surface area (Å²) in [4.78, 5) is 12.4. The number of carbonyl (C=O) groups excluding carboxylic acids is 1. The number of hydrogen-bond donors (Lipinski definition) is 0. The van der Waals surface area contributed by atoms with Gasteiger partial charge in [-0.1, -0.05) is 60.3 Å². The molecule has 0 saturated carbocycles. The molecule has 3 aromatic rings. The third kappa shape index (κ3) is 3.67. The van der Waals surface area contributed by atoms with Gasteiger partial charge in [-0.25, -0.2) is 5.01 Å². The van der Waals surface area contributed by atoms with Gasteiger partial charge in [-0.3, -0.25) is 4.79 Å². The number of rotatable bonds is 5. The molecular weight excluding hydrogens is 348 g/mol. The Labute approximate surface area is 154 Å². The first kappa shape index (κ1) is 16.5. The van der Waals surface area contributed by atoms with Gasteiger partial charge in [-0.2, -0.15) is 5.10 Å². The summed E-state index contributed by atoms with van der Waals surface area (Å²) >= 11 is 1.23. The van der Waals surface area contributed by atoms with Crippen LogP contribution in [0.3, 0.4) is 0 Å². The molecule has 0 fully saturated rings. The van der Waals surface area contributed by atoms with E-state index in [0.717, 1.165) is 23.3 Å². The highest BCUT2D eigenvalue weighted by molar-refractivity contribution is 7.99. The van der Waals surface area contributed by atoms with Gasteiger partial charge >= 0.3 is 0 Å². The lowest BCUT2D eigenvalue weighted by atomic mass is 10.1. The van der Waals surface area contributed by atoms with Gasteiger partial charge in [0.2, 0.25) is 5.89 Å². The number of benzene rings is 2. The van der Waals surface area contributed by atoms with E-state index in [9.17, 15) is 4.79 Å². The standard InChI is InChI=1S/C19H16N4O2S/c24-17(23-12-11-16(22-23)14-7-3-1-4-8-14)13-26-19-21-20-18(25-19)15-9-5-2-6-10-15/h1-10H,11-13H2. The highest BCUT2D eigenvalue weighted by Gasteiger charge is 2.22. The van der Waals surface area contributed by atoms with Gasteiger partial charge in [0.15, 0.2) is 0 Å². The molecule has 0 radical (unpaired) electrons. The maximum Gasteiger partial charge on any atom is 0.277 e. The number of hydrazone groups is 1. The molecule has 1 aliphatic heterocycles. The van der Waals surface area contributed by atoms with Gasteiger partial charge in [0, 0.05) is 12.0 Å². The summed E-state index contributed by atoms with van der Waals surface area (Å²) in [5.74, 6) is 0.591. The van der Waals surface area contributed by atoms with E-state index >= 15 is 0 Å². The smallest absolute Gasteiger partial charge is 0.277 e. The fourth-order valence-electron chi connectivity index (χ4n) is 2.63. The Bertz CT molecular complexity index is 925. The van der Waals surface area contributed by atoms with Crippen LogP contribution in [0.4, 0.5) is 0 Å². The zero-order chi connectivity index (χ0) is 17.8. The van der Waals surface area contributed by atoms with Crippen LogP contribution in [-0.4, -0.2) is 39.1 Å². The average Bonchev–Trinajstić information content (AvgIpc) is 3.37. The van der Waals surface area contributed by atoms with Gasteiger partial charge < -0.3 is 4.42 Å². The van der Waals surface area contributed by atoms with Crippen molar-refractivity contribution in [2.45, 2.75) is 11.6 Å². The number of carbonyl (C=O) groups is 1. The van der Waals surface area contributed by atoms with Crippen LogP contribution in [0.25, 0.3) is 11.5 Å². The molecule has 6 nitrogen and oxygen atoms in total. The van der Waals surface area contributed by atoms with Crippen LogP contribution in [0.5, 0.6) is 0 Å². The minimum atomic E-state index is -0.0691. The van der Waals surface area contributed by atoms with Crippen molar-refractivity contribution in [3.05, 3.63) is 66.2 Å². The Morgan fingerprint density at radius 1 is 1.00 bits per heavy atom. The summed E-state index contributed by atoms with van der Waals surface area (Å²) in [7, 11) is 0. The monoisotopic (exact) mass is 364 g/mol. The molecule has 0 saturated heterocycles. The van der Waals surface area contributed by atoms with Crippen molar-refractivity contribution in [3.8, 4) is 11.5 Å². The van der Waals surface area contributed by atoms with Crippen molar-refractivity contribution >= 4 is 23.4 Å². The molecular formula is C19H16N4O2S. The number of amides is 1. The minimum Gasteiger partial charge on any atom is -0.411 e. The minimum absolute atomic E-state index is 0.0691. The summed E-state index contributed by atoms with van der Waals surface area (Å²) in [6, 6.07) is 19.5. The molecule has 7 heteroatoms. The molecule has 0 aliphatic carbocycles. The van der Waals surface area contributed by atoms with Crippen LogP contribution in [0, 0.1) is 0 Å². The lowest BCUT2D eigenvalue weighted by Gasteiger charge is -2.09. The zero-order valence-corrected chi connectivity index (χ0v) is 14.7. The Hall–Kier alpha value is -2.93. The van der Waals surface area contributed by atoms with Crippen LogP contribution in [-0.2, 0) is 4.79 Å². The van der Waals surface area contributed by atoms with Crippen molar-refractivity contribution in [2.24, 2.45) is 5.10 Å². The van der Waals surface area contributed by atoms with Gasteiger partial charge in [-0.05, 0) is 17.7 Å². The molecule has 0 spiro atoms. The van der Waals surface area contributed by atoms with E-state index in [2.05, 4.69) is 15.3 Å². The number of hydrogen-bond acceptors (Lipinski definition) is 6. The molecule has 0 atom stereocenters. The first-order valence-corrected chi connectivity index (χ1v) is 9.23. The Morgan fingerprint density at radius 2 is 1.69 bits per heavy atom. The van der Waals surface area contributed by atoms with E-state index in [1.54, 1.807) is 0 Å². The molecule has 0 N–H and O–H groups in total. The maximum absolute atomic E-state index is 12.4. The number of aromatic nitrogens is 2. The highest BCUT2D eigenvalue weighted by Crippen LogP contribution is 2.23. The average molecular weight is 364 g/mol. The van der Waals surface area contributed by atoms with Crippen LogP contribution in [0.15, 0.2) is 75.4 Å². The van der Waals surface area contributed by atoms with E-state index in [0.29, 0.717) is 17.7 Å². The van der Waals surface area contributed by atoms with Crippen LogP contribution in [0.1, 0.15) is 12.0 Å². The molecule has 0 bridgehead atoms. The molecule has 4 rings (SSSR count). The molecule has 26 heavy (non-hydrogen) atoms. The van der Waals surface area contributed by atoms with E-state index in [1.165, 1.54) is 16.8 Å². The van der Waals surface area contributed by atoms with Gasteiger partial charge in [0.05, 0.1) is 18.0 Å². The van der Waals surface area contributed by atoms with Gasteiger partial charge in [0.1, 0.15) is 0 Å². The molecule has 2 heterocycles. The van der Waals surface area contributed by atoms with Gasteiger partial charge in [0.25, 0.3) is 11.1 Å². The number of nitrogens with zero attached hydrogens (tertiary/aromatic N) is 4. The lowest BCUT2D eigenvalue weighted by Crippen LogP contribution is -2.25. The maximum atomic E-state index is 12.4. The van der Waals surface area contributed by atoms with Crippen LogP contribution >= 0.6 is 11.8 Å². The van der Waals surface area contributed by atoms with Crippen LogP contribution in [0.2, 0.25) is 0 Å². The molecule has 2 aromatic carbocycles. The first-order valence-electron chi connectivity index (χ1n) is 8.24. The normalized spacial score (nSPS) is 13.7. The Morgan fingerprint density at radius 3 is 2.42 bits per heavy atom. The van der Waals surface area contributed by atoms with Crippen molar-refractivity contribution in [1.29, 1.82) is 0 Å². The largest absolute Gasteiger partial charge is 0.411 e. The second-order valence-electron chi connectivity index (χ2n) is 5.71. The SMILES string of the molecule is O=C(CSc1nnc(-c2ccccc2)o1)N1CCC(c2ccccc2)=N1. The predicted molar refractivity (Wildman–Crippen MR) is 99.8 cm³/mol. The van der Waals surface area contributed by atoms with Crippen molar-refractivity contribution in [2.75, 3.05) is 12.3 Å². The molecule has 1 aromatic heterocycles. The lowest BCUT2D eigenvalue weighted by molar-refractivity contribution is -0.127. The van der Waals surface area contributed by atoms with E-state index in [-0.39, 0.29) is 11.7 Å². The summed E-state index contributed by atoms with van der Waals surface area (Å²) in [6.45, 7) is 0.600. The van der Waals surface area contributed by atoms with E-state index in [4.69, 9.17) is 4.42 Å². The third-order valence-electron chi connectivity index (χ3n) is 3.94. The molecule has 0 unspecified atom stereocenters. The van der Waals surface area contributed by atoms with Crippen molar-refractivity contribution < 1.29 is 9.21 Å². The van der Waals surface area contributed by atoms with E-state index < -0.39 is 0 Å². The second kappa shape index (κ2) is 7.53. The van der Waals surface area contributed by atoms with Crippen molar-refractivity contribution in [1.82, 2.24) is 15.2 Å². The zero-order valence-electron chi connectivity index (χ0n) is 13.9. The first-order chi connectivity index (χ1) is 12.8. The summed E-state index contributed by atoms with van der Waals surface area (Å²) < 4.78 is 5.61. The van der Waals surface area contributed by atoms with Crippen LogP contribution < -0.4 is 0 Å². The van der Waals surface area contributed by atoms with Gasteiger partial charge in [-0.15, -0.1) is 10.2 Å². The fraction of sp³-hybridized carbons (Fsp3) is 0.158. The Balaban J connectivity index is 1.36. The topological polar surface area (TPSA) is 71.6 Å². The van der Waals surface area contributed by atoms with Crippen molar-refractivity contribution in [3.63, 3.8) is 0 Å². The summed E-state index contributed by atoms with van der Waals surface area (Å²) in [6.07, 6.45) is 0.763. The molecule has 1 amide bonds. The number of thioether (sulfide) groups is 1. The highest BCUT2D eigenvalue weighted by atomic mass is 32.2. The third-order valence-corrected chi connectivity index (χ3v) is 4.75. The Kier molecular flexibility index (Phi) is 4.79. The molecule has 130 valence electrons. The predicted octanol–water partition coefficient (Wildman–Crippen LogP) is 3.47. The van der Waals surface area contributed by atoms with E-state index in [1.807, 2.05) is 60.7 Å². The quantitative estimate of drug-likeness (QED) is 0.648. The second-order valence-corrected chi connectivity index (χ2v) is 6.63. The fourth-order valence-corrected chi connectivity index (χ4v) is 3.27. The summed E-state index contributed by atoms with van der Waals surface area (Å²) in [5, 5.41) is 14.4. The summed E-state index contributed by atoms with van der Waals surface area (Å²) in [5.41, 5.74) is 2.85.